The fourth-order valence-electron chi connectivity index (χ4n) is 2.56. The van der Waals surface area contributed by atoms with E-state index in [1.807, 2.05) is 20.8 Å². The number of aliphatic hydroxyl groups excluding tert-OH is 2. The Morgan fingerprint density at radius 1 is 1.00 bits per heavy atom. The van der Waals surface area contributed by atoms with Crippen molar-refractivity contribution in [2.75, 3.05) is 6.61 Å². The molecule has 0 saturated carbocycles. The molecule has 0 aromatic carbocycles. The summed E-state index contributed by atoms with van der Waals surface area (Å²) >= 11 is 0. The smallest absolute Gasteiger partial charge is 0.0666 e. The third-order valence-electron chi connectivity index (χ3n) is 3.21. The molecule has 0 aromatic rings. The summed E-state index contributed by atoms with van der Waals surface area (Å²) in [6, 6.07) is 0. The molecule has 0 bridgehead atoms. The summed E-state index contributed by atoms with van der Waals surface area (Å²) in [4.78, 5) is 0. The highest BCUT2D eigenvalue weighted by Gasteiger charge is 2.41. The van der Waals surface area contributed by atoms with E-state index in [1.54, 1.807) is 0 Å². The molecule has 0 aliphatic rings. The quantitative estimate of drug-likeness (QED) is 0.716. The highest BCUT2D eigenvalue weighted by Crippen LogP contribution is 2.41. The van der Waals surface area contributed by atoms with Gasteiger partial charge in [-0.05, 0) is 18.3 Å². The highest BCUT2D eigenvalue weighted by molar-refractivity contribution is 4.91. The van der Waals surface area contributed by atoms with Crippen LogP contribution in [0.2, 0.25) is 0 Å². The molecule has 0 heterocycles. The van der Waals surface area contributed by atoms with Crippen molar-refractivity contribution in [1.29, 1.82) is 0 Å². The summed E-state index contributed by atoms with van der Waals surface area (Å²) in [5.41, 5.74) is -0.463. The lowest BCUT2D eigenvalue weighted by molar-refractivity contribution is -0.0868. The Morgan fingerprint density at radius 2 is 1.40 bits per heavy atom. The Kier molecular flexibility index (Phi) is 5.82. The molecular formula is C13H28O2. The predicted octanol–water partition coefficient (Wildman–Crippen LogP) is 2.97. The van der Waals surface area contributed by atoms with E-state index in [1.165, 1.54) is 0 Å². The Labute approximate surface area is 94.7 Å². The minimum absolute atomic E-state index is 0.0904. The summed E-state index contributed by atoms with van der Waals surface area (Å²) < 4.78 is 0. The molecular weight excluding hydrogens is 188 g/mol. The molecule has 0 amide bonds. The Hall–Kier alpha value is -0.0800. The summed E-state index contributed by atoms with van der Waals surface area (Å²) in [6.07, 6.45) is 3.38. The Balaban J connectivity index is 4.87. The van der Waals surface area contributed by atoms with Crippen LogP contribution in [-0.4, -0.2) is 22.9 Å². The van der Waals surface area contributed by atoms with Crippen molar-refractivity contribution in [2.45, 2.75) is 66.4 Å². The zero-order chi connectivity index (χ0) is 12.1. The van der Waals surface area contributed by atoms with Gasteiger partial charge in [0.05, 0.1) is 12.7 Å². The molecule has 0 aliphatic carbocycles. The van der Waals surface area contributed by atoms with E-state index in [4.69, 9.17) is 0 Å². The van der Waals surface area contributed by atoms with E-state index in [0.717, 1.165) is 25.7 Å². The van der Waals surface area contributed by atoms with Crippen LogP contribution in [0, 0.1) is 10.8 Å². The van der Waals surface area contributed by atoms with Crippen LogP contribution in [0.3, 0.4) is 0 Å². The second-order valence-corrected chi connectivity index (χ2v) is 5.79. The average Bonchev–Trinajstić information content (AvgIpc) is 2.15. The van der Waals surface area contributed by atoms with Crippen molar-refractivity contribution < 1.29 is 10.2 Å². The normalized spacial score (nSPS) is 15.4. The monoisotopic (exact) mass is 216 g/mol. The minimum atomic E-state index is -0.435. The molecule has 0 aromatic heterocycles. The maximum atomic E-state index is 10.4. The van der Waals surface area contributed by atoms with Crippen LogP contribution < -0.4 is 0 Å². The number of hydrogen-bond acceptors (Lipinski definition) is 2. The van der Waals surface area contributed by atoms with Crippen LogP contribution in [0.15, 0.2) is 0 Å². The fraction of sp³-hybridized carbons (Fsp3) is 1.00. The summed E-state index contributed by atoms with van der Waals surface area (Å²) in [6.45, 7) is 10.4. The molecule has 2 N–H and O–H groups in total. The molecule has 15 heavy (non-hydrogen) atoms. The number of aliphatic hydroxyl groups is 2. The first-order valence-electron chi connectivity index (χ1n) is 6.13. The molecule has 0 radical (unpaired) electrons. The van der Waals surface area contributed by atoms with Gasteiger partial charge in [0.25, 0.3) is 0 Å². The molecule has 1 atom stereocenters. The van der Waals surface area contributed by atoms with Gasteiger partial charge < -0.3 is 10.2 Å². The van der Waals surface area contributed by atoms with Gasteiger partial charge in [-0.25, -0.2) is 0 Å². The van der Waals surface area contributed by atoms with Crippen molar-refractivity contribution in [1.82, 2.24) is 0 Å². The zero-order valence-electron chi connectivity index (χ0n) is 11.0. The van der Waals surface area contributed by atoms with Gasteiger partial charge in [0, 0.05) is 5.41 Å². The van der Waals surface area contributed by atoms with E-state index in [-0.39, 0.29) is 17.4 Å². The molecule has 0 rings (SSSR count). The lowest BCUT2D eigenvalue weighted by Gasteiger charge is -2.43. The lowest BCUT2D eigenvalue weighted by atomic mass is 9.66. The SMILES string of the molecule is CCCC(CO)(CCC)C(O)C(C)(C)C. The molecule has 0 spiro atoms. The largest absolute Gasteiger partial charge is 0.396 e. The first-order chi connectivity index (χ1) is 6.84. The van der Waals surface area contributed by atoms with Crippen molar-refractivity contribution in [3.63, 3.8) is 0 Å². The summed E-state index contributed by atoms with van der Waals surface area (Å²) in [5, 5.41) is 20.0. The van der Waals surface area contributed by atoms with E-state index in [0.29, 0.717) is 0 Å². The van der Waals surface area contributed by atoms with E-state index in [2.05, 4.69) is 13.8 Å². The Bertz CT molecular complexity index is 164. The van der Waals surface area contributed by atoms with Crippen molar-refractivity contribution >= 4 is 0 Å². The zero-order valence-corrected chi connectivity index (χ0v) is 11.0. The summed E-state index contributed by atoms with van der Waals surface area (Å²) in [5.74, 6) is 0. The van der Waals surface area contributed by atoms with E-state index in [9.17, 15) is 10.2 Å². The molecule has 92 valence electrons. The number of rotatable bonds is 6. The van der Waals surface area contributed by atoms with Gasteiger partial charge in [-0.2, -0.15) is 0 Å². The second kappa shape index (κ2) is 5.86. The van der Waals surface area contributed by atoms with Gasteiger partial charge in [0.15, 0.2) is 0 Å². The van der Waals surface area contributed by atoms with Crippen molar-refractivity contribution in [2.24, 2.45) is 10.8 Å². The van der Waals surface area contributed by atoms with Crippen LogP contribution in [-0.2, 0) is 0 Å². The molecule has 0 saturated heterocycles. The maximum Gasteiger partial charge on any atom is 0.0666 e. The third kappa shape index (κ3) is 3.76. The van der Waals surface area contributed by atoms with Crippen LogP contribution in [0.25, 0.3) is 0 Å². The molecule has 2 heteroatoms. The van der Waals surface area contributed by atoms with Crippen LogP contribution in [0.4, 0.5) is 0 Å². The van der Waals surface area contributed by atoms with Gasteiger partial charge in [0.2, 0.25) is 0 Å². The first-order valence-corrected chi connectivity index (χ1v) is 6.13. The van der Waals surface area contributed by atoms with Crippen LogP contribution >= 0.6 is 0 Å². The van der Waals surface area contributed by atoms with Crippen molar-refractivity contribution in [3.8, 4) is 0 Å². The standard InChI is InChI=1S/C13H28O2/c1-6-8-13(10-14,9-7-2)11(15)12(3,4)5/h11,14-15H,6-10H2,1-5H3. The van der Waals surface area contributed by atoms with Gasteiger partial charge in [0.1, 0.15) is 0 Å². The fourth-order valence-corrected chi connectivity index (χ4v) is 2.56. The van der Waals surface area contributed by atoms with Gasteiger partial charge in [-0.3, -0.25) is 0 Å². The average molecular weight is 216 g/mol. The first kappa shape index (κ1) is 14.9. The maximum absolute atomic E-state index is 10.4. The van der Waals surface area contributed by atoms with Crippen molar-refractivity contribution in [3.05, 3.63) is 0 Å². The third-order valence-corrected chi connectivity index (χ3v) is 3.21. The Morgan fingerprint density at radius 3 is 1.60 bits per heavy atom. The van der Waals surface area contributed by atoms with Gasteiger partial charge in [-0.1, -0.05) is 47.5 Å². The molecule has 0 fully saturated rings. The highest BCUT2D eigenvalue weighted by atomic mass is 16.3. The second-order valence-electron chi connectivity index (χ2n) is 5.79. The topological polar surface area (TPSA) is 40.5 Å². The summed E-state index contributed by atoms with van der Waals surface area (Å²) in [7, 11) is 0. The minimum Gasteiger partial charge on any atom is -0.396 e. The van der Waals surface area contributed by atoms with Crippen LogP contribution in [0.5, 0.6) is 0 Å². The predicted molar refractivity (Wildman–Crippen MR) is 64.8 cm³/mol. The van der Waals surface area contributed by atoms with E-state index < -0.39 is 6.10 Å². The molecule has 2 nitrogen and oxygen atoms in total. The number of hydrogen-bond donors (Lipinski definition) is 2. The van der Waals surface area contributed by atoms with Gasteiger partial charge in [-0.15, -0.1) is 0 Å². The molecule has 0 aliphatic heterocycles. The van der Waals surface area contributed by atoms with E-state index >= 15 is 0 Å². The van der Waals surface area contributed by atoms with Crippen LogP contribution in [0.1, 0.15) is 60.3 Å². The molecule has 1 unspecified atom stereocenters. The lowest BCUT2D eigenvalue weighted by Crippen LogP contribution is -2.46. The van der Waals surface area contributed by atoms with Gasteiger partial charge >= 0.3 is 0 Å².